The first-order chi connectivity index (χ1) is 8.22. The van der Waals surface area contributed by atoms with Gasteiger partial charge in [0.25, 0.3) is 5.91 Å². The summed E-state index contributed by atoms with van der Waals surface area (Å²) in [5.41, 5.74) is 0. The molecule has 1 N–H and O–H groups in total. The molecule has 3 rings (SSSR count). The van der Waals surface area contributed by atoms with E-state index in [1.807, 2.05) is 0 Å². The van der Waals surface area contributed by atoms with Gasteiger partial charge in [-0.2, -0.15) is 0 Å². The maximum atomic E-state index is 11.9. The lowest BCUT2D eigenvalue weighted by Gasteiger charge is -2.22. The monoisotopic (exact) mass is 252 g/mol. The van der Waals surface area contributed by atoms with Gasteiger partial charge in [-0.3, -0.25) is 4.79 Å². The number of nitrogens with zero attached hydrogens (tertiary/aromatic N) is 3. The second kappa shape index (κ2) is 4.23. The summed E-state index contributed by atoms with van der Waals surface area (Å²) < 4.78 is 0. The van der Waals surface area contributed by atoms with E-state index in [-0.39, 0.29) is 17.8 Å². The largest absolute Gasteiger partial charge is 0.345 e. The van der Waals surface area contributed by atoms with Crippen LogP contribution < -0.4 is 5.32 Å². The van der Waals surface area contributed by atoms with Gasteiger partial charge >= 0.3 is 0 Å². The Morgan fingerprint density at radius 1 is 1.41 bits per heavy atom. The summed E-state index contributed by atoms with van der Waals surface area (Å²) in [6, 6.07) is 0.246. The van der Waals surface area contributed by atoms with Crippen LogP contribution in [0.25, 0.3) is 0 Å². The van der Waals surface area contributed by atoms with Crippen LogP contribution in [0.15, 0.2) is 12.4 Å². The van der Waals surface area contributed by atoms with Crippen LogP contribution >= 0.6 is 11.6 Å². The SMILES string of the molecule is O=C(NC1CN2CCC1C2)c1ncc(Cl)cn1. The summed E-state index contributed by atoms with van der Waals surface area (Å²) >= 11 is 5.67. The lowest BCUT2D eigenvalue weighted by atomic mass is 10.00. The van der Waals surface area contributed by atoms with Crippen LogP contribution in [-0.4, -0.2) is 46.5 Å². The molecule has 0 aliphatic carbocycles. The Kier molecular flexibility index (Phi) is 2.72. The Morgan fingerprint density at radius 3 is 2.76 bits per heavy atom. The molecule has 0 radical (unpaired) electrons. The van der Waals surface area contributed by atoms with Crippen LogP contribution in [0.3, 0.4) is 0 Å². The van der Waals surface area contributed by atoms with Gasteiger partial charge in [0.1, 0.15) is 0 Å². The minimum atomic E-state index is -0.208. The molecular weight excluding hydrogens is 240 g/mol. The van der Waals surface area contributed by atoms with E-state index in [0.717, 1.165) is 19.6 Å². The van der Waals surface area contributed by atoms with Crippen molar-refractivity contribution in [1.82, 2.24) is 20.2 Å². The van der Waals surface area contributed by atoms with E-state index < -0.39 is 0 Å². The first-order valence-corrected chi connectivity index (χ1v) is 6.11. The van der Waals surface area contributed by atoms with Gasteiger partial charge in [0, 0.05) is 31.5 Å². The minimum absolute atomic E-state index is 0.187. The van der Waals surface area contributed by atoms with Gasteiger partial charge in [0.05, 0.1) is 5.02 Å². The van der Waals surface area contributed by atoms with Crippen LogP contribution in [0, 0.1) is 5.92 Å². The number of halogens is 1. The third kappa shape index (κ3) is 2.12. The summed E-state index contributed by atoms with van der Waals surface area (Å²) in [6.45, 7) is 3.21. The van der Waals surface area contributed by atoms with Crippen molar-refractivity contribution in [2.75, 3.05) is 19.6 Å². The summed E-state index contributed by atoms with van der Waals surface area (Å²) in [6.07, 6.45) is 4.05. The minimum Gasteiger partial charge on any atom is -0.345 e. The average Bonchev–Trinajstić information content (AvgIpc) is 2.91. The smallest absolute Gasteiger partial charge is 0.289 e. The molecule has 0 spiro atoms. The maximum Gasteiger partial charge on any atom is 0.289 e. The highest BCUT2D eigenvalue weighted by Crippen LogP contribution is 2.27. The van der Waals surface area contributed by atoms with E-state index in [9.17, 15) is 4.79 Å². The zero-order chi connectivity index (χ0) is 11.8. The van der Waals surface area contributed by atoms with Crippen molar-refractivity contribution in [2.24, 2.45) is 5.92 Å². The predicted molar refractivity (Wildman–Crippen MR) is 62.8 cm³/mol. The molecule has 2 aliphatic rings. The lowest BCUT2D eigenvalue weighted by Crippen LogP contribution is -2.43. The number of nitrogens with one attached hydrogen (secondary N) is 1. The Balaban J connectivity index is 1.65. The van der Waals surface area contributed by atoms with Crippen molar-refractivity contribution in [3.05, 3.63) is 23.2 Å². The second-order valence-electron chi connectivity index (χ2n) is 4.61. The predicted octanol–water partition coefficient (Wildman–Crippen LogP) is 0.564. The van der Waals surface area contributed by atoms with Crippen molar-refractivity contribution < 1.29 is 4.79 Å². The first kappa shape index (κ1) is 10.9. The van der Waals surface area contributed by atoms with Crippen LogP contribution in [0.2, 0.25) is 5.02 Å². The van der Waals surface area contributed by atoms with Gasteiger partial charge in [-0.05, 0) is 18.9 Å². The van der Waals surface area contributed by atoms with Crippen LogP contribution in [0.4, 0.5) is 0 Å². The van der Waals surface area contributed by atoms with Crippen molar-refractivity contribution in [3.8, 4) is 0 Å². The molecule has 3 atom stereocenters. The van der Waals surface area contributed by atoms with E-state index in [1.54, 1.807) is 0 Å². The molecule has 2 fully saturated rings. The first-order valence-electron chi connectivity index (χ1n) is 5.73. The van der Waals surface area contributed by atoms with Crippen molar-refractivity contribution in [2.45, 2.75) is 12.5 Å². The quantitative estimate of drug-likeness (QED) is 0.836. The molecule has 3 heterocycles. The van der Waals surface area contributed by atoms with Crippen molar-refractivity contribution in [3.63, 3.8) is 0 Å². The summed E-state index contributed by atoms with van der Waals surface area (Å²) in [7, 11) is 0. The summed E-state index contributed by atoms with van der Waals surface area (Å²) in [5, 5.41) is 3.43. The number of rotatable bonds is 2. The molecule has 6 heteroatoms. The Morgan fingerprint density at radius 2 is 2.18 bits per heavy atom. The zero-order valence-corrected chi connectivity index (χ0v) is 10.0. The second-order valence-corrected chi connectivity index (χ2v) is 5.05. The standard InChI is InChI=1S/C11H13ClN4O/c12-8-3-13-10(14-4-8)11(17)15-9-6-16-2-1-7(9)5-16/h3-4,7,9H,1-2,5-6H2,(H,15,17). The highest BCUT2D eigenvalue weighted by molar-refractivity contribution is 6.30. The average molecular weight is 253 g/mol. The molecule has 2 saturated heterocycles. The van der Waals surface area contributed by atoms with E-state index in [2.05, 4.69) is 20.2 Å². The molecule has 1 amide bonds. The summed E-state index contributed by atoms with van der Waals surface area (Å²) in [4.78, 5) is 22.1. The number of fused-ring (bicyclic) bond motifs is 2. The van der Waals surface area contributed by atoms with Crippen molar-refractivity contribution in [1.29, 1.82) is 0 Å². The van der Waals surface area contributed by atoms with Crippen LogP contribution in [0.5, 0.6) is 0 Å². The Bertz CT molecular complexity index is 436. The number of hydrogen-bond donors (Lipinski definition) is 1. The van der Waals surface area contributed by atoms with Gasteiger partial charge in [-0.15, -0.1) is 0 Å². The fourth-order valence-electron chi connectivity index (χ4n) is 2.61. The molecule has 1 aromatic heterocycles. The fraction of sp³-hybridized carbons (Fsp3) is 0.545. The summed E-state index contributed by atoms with van der Waals surface area (Å²) in [5.74, 6) is 0.568. The highest BCUT2D eigenvalue weighted by Gasteiger charge is 2.38. The van der Waals surface area contributed by atoms with Gasteiger partial charge in [0.2, 0.25) is 5.82 Å². The number of carbonyl (C=O) groups excluding carboxylic acids is 1. The number of carbonyl (C=O) groups is 1. The number of aromatic nitrogens is 2. The molecule has 2 aliphatic heterocycles. The van der Waals surface area contributed by atoms with Crippen LogP contribution in [0.1, 0.15) is 17.0 Å². The van der Waals surface area contributed by atoms with Gasteiger partial charge < -0.3 is 10.2 Å². The molecule has 3 unspecified atom stereocenters. The topological polar surface area (TPSA) is 58.1 Å². The van der Waals surface area contributed by atoms with E-state index >= 15 is 0 Å². The number of amides is 1. The number of hydrogen-bond acceptors (Lipinski definition) is 4. The maximum absolute atomic E-state index is 11.9. The molecule has 2 bridgehead atoms. The molecule has 17 heavy (non-hydrogen) atoms. The third-order valence-corrected chi connectivity index (χ3v) is 3.67. The third-order valence-electron chi connectivity index (χ3n) is 3.47. The van der Waals surface area contributed by atoms with Crippen molar-refractivity contribution >= 4 is 17.5 Å². The highest BCUT2D eigenvalue weighted by atomic mass is 35.5. The van der Waals surface area contributed by atoms with E-state index in [4.69, 9.17) is 11.6 Å². The molecule has 90 valence electrons. The Hall–Kier alpha value is -1.20. The zero-order valence-electron chi connectivity index (χ0n) is 9.27. The van der Waals surface area contributed by atoms with E-state index in [1.165, 1.54) is 18.8 Å². The Labute approximate surface area is 104 Å². The van der Waals surface area contributed by atoms with Gasteiger partial charge in [-0.1, -0.05) is 11.6 Å². The van der Waals surface area contributed by atoms with E-state index in [0.29, 0.717) is 10.9 Å². The van der Waals surface area contributed by atoms with Gasteiger partial charge in [0.15, 0.2) is 0 Å². The number of piperidine rings is 1. The lowest BCUT2D eigenvalue weighted by molar-refractivity contribution is 0.0913. The molecule has 0 aromatic carbocycles. The van der Waals surface area contributed by atoms with Gasteiger partial charge in [-0.25, -0.2) is 9.97 Å². The molecular formula is C11H13ClN4O. The molecule has 0 saturated carbocycles. The van der Waals surface area contributed by atoms with Crippen LogP contribution in [-0.2, 0) is 0 Å². The normalized spacial score (nSPS) is 30.5. The fourth-order valence-corrected chi connectivity index (χ4v) is 2.71. The molecule has 1 aromatic rings. The molecule has 5 nitrogen and oxygen atoms in total.